The smallest absolute Gasteiger partial charge is 0.176 e. The molecular formula is C45H49N2O7+. The summed E-state index contributed by atoms with van der Waals surface area (Å²) in [5, 5.41) is 46.7. The van der Waals surface area contributed by atoms with Crippen molar-refractivity contribution in [2.24, 2.45) is 16.3 Å². The van der Waals surface area contributed by atoms with Gasteiger partial charge in [0.15, 0.2) is 29.2 Å². The number of phenols is 2. The third-order valence-corrected chi connectivity index (χ3v) is 10.8. The van der Waals surface area contributed by atoms with Crippen molar-refractivity contribution in [3.8, 4) is 23.0 Å². The van der Waals surface area contributed by atoms with Crippen molar-refractivity contribution in [2.75, 3.05) is 20.8 Å². The Balaban J connectivity index is 1.36. The monoisotopic (exact) mass is 729 g/mol. The average Bonchev–Trinajstić information content (AvgIpc) is 3.91. The zero-order chi connectivity index (χ0) is 38.2. The molecule has 0 saturated carbocycles. The minimum atomic E-state index is -1.28. The number of carbonyl (C=O) groups is 1. The molecule has 0 bridgehead atoms. The zero-order valence-corrected chi connectivity index (χ0v) is 31.1. The first kappa shape index (κ1) is 38.2. The number of carbonyl (C=O) groups excluding carboxylic acids is 1. The number of fused-ring (bicyclic) bond motifs is 1. The maximum atomic E-state index is 14.6. The Morgan fingerprint density at radius 3 is 2.41 bits per heavy atom. The van der Waals surface area contributed by atoms with Gasteiger partial charge in [0.05, 0.1) is 38.4 Å². The van der Waals surface area contributed by atoms with Gasteiger partial charge in [-0.25, -0.2) is 0 Å². The molecule has 280 valence electrons. The van der Waals surface area contributed by atoms with E-state index in [0.29, 0.717) is 30.6 Å². The Hall–Kier alpha value is -5.51. The lowest BCUT2D eigenvalue weighted by atomic mass is 9.71. The highest BCUT2D eigenvalue weighted by Gasteiger charge is 2.42. The number of aromatic hydroxyl groups is 2. The summed E-state index contributed by atoms with van der Waals surface area (Å²) in [7, 11) is 3.01. The summed E-state index contributed by atoms with van der Waals surface area (Å²) in [5.41, 5.74) is 5.27. The van der Waals surface area contributed by atoms with Crippen molar-refractivity contribution >= 4 is 22.8 Å². The fourth-order valence-corrected chi connectivity index (χ4v) is 7.85. The lowest BCUT2D eigenvalue weighted by Gasteiger charge is -2.32. The first-order chi connectivity index (χ1) is 26.2. The molecule has 6 rings (SSSR count). The average molecular weight is 730 g/mol. The zero-order valence-electron chi connectivity index (χ0n) is 31.1. The molecule has 1 aromatic heterocycles. The van der Waals surface area contributed by atoms with E-state index >= 15 is 0 Å². The SMILES string of the molecule is CCc1ccc2ccccc2c1Cc1c(CC(Cc2cc[nH]c2)C(O)CC(=O)C(CO)(CC2=C[CH+]N=C2)Cc2ccc(O)c(OC)c2)ccc(O)c1OC. The maximum Gasteiger partial charge on any atom is 0.176 e. The Morgan fingerprint density at radius 2 is 1.70 bits per heavy atom. The number of hydrogen-bond donors (Lipinski definition) is 5. The second kappa shape index (κ2) is 17.1. The lowest BCUT2D eigenvalue weighted by Crippen LogP contribution is -2.41. The number of benzene rings is 4. The summed E-state index contributed by atoms with van der Waals surface area (Å²) in [6.07, 6.45) is 8.51. The van der Waals surface area contributed by atoms with Crippen molar-refractivity contribution in [2.45, 2.75) is 58.0 Å². The fourth-order valence-electron chi connectivity index (χ4n) is 7.85. The van der Waals surface area contributed by atoms with E-state index in [4.69, 9.17) is 9.47 Å². The molecule has 54 heavy (non-hydrogen) atoms. The topological polar surface area (TPSA) is 145 Å². The number of nitrogens with one attached hydrogen (secondary N) is 1. The predicted molar refractivity (Wildman–Crippen MR) is 211 cm³/mol. The van der Waals surface area contributed by atoms with Crippen molar-refractivity contribution in [3.63, 3.8) is 0 Å². The number of ketones is 1. The minimum absolute atomic E-state index is 0.0259. The van der Waals surface area contributed by atoms with Gasteiger partial charge in [-0.2, -0.15) is 0 Å². The van der Waals surface area contributed by atoms with Crippen LogP contribution < -0.4 is 9.47 Å². The molecule has 3 unspecified atom stereocenters. The summed E-state index contributed by atoms with van der Waals surface area (Å²) in [5.74, 6) is -0.0307. The van der Waals surface area contributed by atoms with Gasteiger partial charge >= 0.3 is 0 Å². The number of aromatic amines is 1. The van der Waals surface area contributed by atoms with E-state index in [1.807, 2.05) is 42.7 Å². The summed E-state index contributed by atoms with van der Waals surface area (Å²) in [4.78, 5) is 21.9. The van der Waals surface area contributed by atoms with Gasteiger partial charge in [-0.05, 0) is 94.5 Å². The molecule has 2 heterocycles. The van der Waals surface area contributed by atoms with Gasteiger partial charge < -0.3 is 34.9 Å². The van der Waals surface area contributed by atoms with E-state index in [2.05, 4.69) is 41.2 Å². The van der Waals surface area contributed by atoms with Gasteiger partial charge in [0.1, 0.15) is 17.9 Å². The molecule has 1 aliphatic rings. The number of hydrogen-bond acceptors (Lipinski definition) is 8. The van der Waals surface area contributed by atoms with E-state index in [-0.39, 0.29) is 42.3 Å². The van der Waals surface area contributed by atoms with E-state index in [9.17, 15) is 25.2 Å². The molecule has 0 fully saturated rings. The number of rotatable bonds is 18. The molecule has 0 radical (unpaired) electrons. The molecule has 0 saturated heterocycles. The second-order valence-electron chi connectivity index (χ2n) is 14.3. The molecule has 9 nitrogen and oxygen atoms in total. The number of allylic oxidation sites excluding steroid dienone is 1. The summed E-state index contributed by atoms with van der Waals surface area (Å²) in [6.45, 7) is 3.32. The number of phenolic OH excluding ortho intramolecular Hbond substituents is 2. The Bertz CT molecular complexity index is 2140. The Morgan fingerprint density at radius 1 is 0.907 bits per heavy atom. The number of aryl methyl sites for hydroxylation is 1. The minimum Gasteiger partial charge on any atom is -0.504 e. The van der Waals surface area contributed by atoms with Crippen LogP contribution in [0.4, 0.5) is 0 Å². The molecule has 0 amide bonds. The molecular weight excluding hydrogens is 681 g/mol. The first-order valence-corrected chi connectivity index (χ1v) is 18.4. The lowest BCUT2D eigenvalue weighted by molar-refractivity contribution is -0.134. The molecule has 9 heteroatoms. The second-order valence-corrected chi connectivity index (χ2v) is 14.3. The standard InChI is InChI=1S/C45H48N2O7/c1-4-32-10-11-33-7-5-6-8-36(33)37(32)22-38-34(12-14-40(50)44(38)54-3)21-35(19-30-15-17-46-26-30)41(51)23-43(52)45(28-48,25-31-16-18-47-27-31)24-29-9-13-39(49)42(20-29)53-2/h5-18,20,26-27,35,41,46,48,51H,4,19,21-25,28H2,1-3H3,(H-,49,50)/p+1. The highest BCUT2D eigenvalue weighted by atomic mass is 16.5. The first-order valence-electron chi connectivity index (χ1n) is 18.4. The van der Waals surface area contributed by atoms with Gasteiger partial charge in [-0.3, -0.25) is 4.79 Å². The molecule has 3 atom stereocenters. The largest absolute Gasteiger partial charge is 0.504 e. The van der Waals surface area contributed by atoms with E-state index < -0.39 is 24.0 Å². The van der Waals surface area contributed by atoms with Crippen LogP contribution in [-0.2, 0) is 36.9 Å². The van der Waals surface area contributed by atoms with Crippen LogP contribution >= 0.6 is 0 Å². The van der Waals surface area contributed by atoms with Crippen molar-refractivity contribution < 1.29 is 34.7 Å². The number of ether oxygens (including phenoxy) is 2. The highest BCUT2D eigenvalue weighted by molar-refractivity contribution is 5.90. The van der Waals surface area contributed by atoms with Crippen LogP contribution in [0, 0.1) is 17.9 Å². The van der Waals surface area contributed by atoms with Crippen LogP contribution in [0.2, 0.25) is 0 Å². The summed E-state index contributed by atoms with van der Waals surface area (Å²) in [6, 6.07) is 22.9. The molecule has 4 aromatic carbocycles. The number of H-pyrrole nitrogens is 1. The van der Waals surface area contributed by atoms with Crippen molar-refractivity contribution in [3.05, 3.63) is 137 Å². The van der Waals surface area contributed by atoms with Crippen molar-refractivity contribution in [1.29, 1.82) is 0 Å². The Labute approximate surface area is 316 Å². The number of methoxy groups -OCH3 is 2. The van der Waals surface area contributed by atoms with E-state index in [1.165, 1.54) is 18.7 Å². The predicted octanol–water partition coefficient (Wildman–Crippen LogP) is 7.26. The molecule has 5 N–H and O–H groups in total. The van der Waals surface area contributed by atoms with Gasteiger partial charge in [-0.15, -0.1) is 4.99 Å². The third-order valence-electron chi connectivity index (χ3n) is 10.8. The molecule has 5 aromatic rings. The van der Waals surface area contributed by atoms with Gasteiger partial charge in [0, 0.05) is 37.2 Å². The quantitative estimate of drug-likeness (QED) is 0.0598. The number of aromatic nitrogens is 1. The third kappa shape index (κ3) is 8.33. The summed E-state index contributed by atoms with van der Waals surface area (Å²) < 4.78 is 11.2. The van der Waals surface area contributed by atoms with Crippen molar-refractivity contribution in [1.82, 2.24) is 4.98 Å². The van der Waals surface area contributed by atoms with Crippen LogP contribution in [0.3, 0.4) is 0 Å². The number of aliphatic hydroxyl groups excluding tert-OH is 2. The number of aliphatic imine (C=N–C) groups is 1. The summed E-state index contributed by atoms with van der Waals surface area (Å²) >= 11 is 0. The molecule has 0 spiro atoms. The maximum absolute atomic E-state index is 14.6. The van der Waals surface area contributed by atoms with E-state index in [0.717, 1.165) is 45.0 Å². The van der Waals surface area contributed by atoms with Crippen LogP contribution in [0.5, 0.6) is 23.0 Å². The van der Waals surface area contributed by atoms with E-state index in [1.54, 1.807) is 38.1 Å². The molecule has 1 aliphatic heterocycles. The number of aliphatic hydroxyl groups is 2. The van der Waals surface area contributed by atoms with Gasteiger partial charge in [-0.1, -0.05) is 55.5 Å². The Kier molecular flexibility index (Phi) is 12.1. The highest BCUT2D eigenvalue weighted by Crippen LogP contribution is 2.40. The number of Topliss-reactive ketones (excluding diaryl/α,β-unsaturated/α-hetero) is 1. The van der Waals surface area contributed by atoms with Crippen LogP contribution in [0.25, 0.3) is 10.8 Å². The van der Waals surface area contributed by atoms with Gasteiger partial charge in [0.25, 0.3) is 0 Å². The van der Waals surface area contributed by atoms with Crippen LogP contribution in [-0.4, -0.2) is 64.3 Å². The van der Waals surface area contributed by atoms with Crippen LogP contribution in [0.1, 0.15) is 53.1 Å². The molecule has 0 aliphatic carbocycles. The number of nitrogens with zero attached hydrogens (tertiary/aromatic N) is 1. The fraction of sp³-hybridized carbons (Fsp3) is 0.311. The van der Waals surface area contributed by atoms with Gasteiger partial charge in [0.2, 0.25) is 0 Å². The van der Waals surface area contributed by atoms with Crippen LogP contribution in [0.15, 0.2) is 102 Å². The normalized spacial score (nSPS) is 14.6.